The first-order chi connectivity index (χ1) is 6.86. The maximum atomic E-state index is 4.02. The molecular weight excluding hydrogens is 172 g/mol. The molecule has 0 saturated heterocycles. The van der Waals surface area contributed by atoms with Gasteiger partial charge in [0.15, 0.2) is 0 Å². The Morgan fingerprint density at radius 1 is 1.36 bits per heavy atom. The van der Waals surface area contributed by atoms with E-state index in [4.69, 9.17) is 0 Å². The van der Waals surface area contributed by atoms with Gasteiger partial charge in [-0.25, -0.2) is 4.98 Å². The molecule has 1 aromatic rings. The van der Waals surface area contributed by atoms with E-state index in [1.54, 1.807) is 0 Å². The van der Waals surface area contributed by atoms with E-state index in [0.29, 0.717) is 0 Å². The van der Waals surface area contributed by atoms with E-state index < -0.39 is 0 Å². The second kappa shape index (κ2) is 6.63. The van der Waals surface area contributed by atoms with Gasteiger partial charge in [0.2, 0.25) is 0 Å². The van der Waals surface area contributed by atoms with Gasteiger partial charge in [-0.3, -0.25) is 0 Å². The highest BCUT2D eigenvalue weighted by Gasteiger charge is 2.02. The van der Waals surface area contributed by atoms with Gasteiger partial charge in [-0.15, -0.1) is 0 Å². The minimum Gasteiger partial charge on any atom is -0.337 e. The Balaban J connectivity index is 2.04. The minimum absolute atomic E-state index is 0.817. The third-order valence-corrected chi connectivity index (χ3v) is 2.73. The number of unbranched alkanes of at least 4 members (excludes halogenated alkanes) is 1. The molecule has 0 saturated carbocycles. The molecule has 2 nitrogen and oxygen atoms in total. The Kier molecular flexibility index (Phi) is 5.35. The fourth-order valence-corrected chi connectivity index (χ4v) is 1.67. The van der Waals surface area contributed by atoms with Gasteiger partial charge >= 0.3 is 0 Å². The standard InChI is InChI=1S/C12H21N2/c1-3-12(4-2)7-5-6-9-14-10-8-13-11-14/h7-8,10-12H,3-6,9H2,1-2H3. The van der Waals surface area contributed by atoms with E-state index in [0.717, 1.165) is 12.5 Å². The molecule has 1 heterocycles. The molecule has 0 spiro atoms. The van der Waals surface area contributed by atoms with Crippen LogP contribution in [0, 0.1) is 12.3 Å². The molecule has 14 heavy (non-hydrogen) atoms. The van der Waals surface area contributed by atoms with Gasteiger partial charge in [-0.1, -0.05) is 26.7 Å². The minimum atomic E-state index is 0.817. The lowest BCUT2D eigenvalue weighted by molar-refractivity contribution is 0.521. The van der Waals surface area contributed by atoms with Crippen LogP contribution >= 0.6 is 0 Å². The summed E-state index contributed by atoms with van der Waals surface area (Å²) in [6.45, 7) is 5.62. The van der Waals surface area contributed by atoms with Crippen molar-refractivity contribution in [3.05, 3.63) is 25.1 Å². The first-order valence-corrected chi connectivity index (χ1v) is 5.65. The SMILES string of the molecule is CCC([CH]CCCn1ccnc1)CC. The summed E-state index contributed by atoms with van der Waals surface area (Å²) < 4.78 is 2.14. The van der Waals surface area contributed by atoms with Crippen LogP contribution in [0.15, 0.2) is 18.7 Å². The Hall–Kier alpha value is -0.790. The quantitative estimate of drug-likeness (QED) is 0.607. The lowest BCUT2D eigenvalue weighted by Crippen LogP contribution is -2.00. The second-order valence-electron chi connectivity index (χ2n) is 3.76. The molecule has 0 aliphatic heterocycles. The van der Waals surface area contributed by atoms with Crippen LogP contribution < -0.4 is 0 Å². The number of rotatable bonds is 7. The molecule has 79 valence electrons. The fraction of sp³-hybridized carbons (Fsp3) is 0.667. The highest BCUT2D eigenvalue weighted by molar-refractivity contribution is 4.76. The highest BCUT2D eigenvalue weighted by atomic mass is 15.0. The lowest BCUT2D eigenvalue weighted by Gasteiger charge is -2.10. The maximum Gasteiger partial charge on any atom is 0.0945 e. The highest BCUT2D eigenvalue weighted by Crippen LogP contribution is 2.14. The molecule has 0 bridgehead atoms. The van der Waals surface area contributed by atoms with Crippen LogP contribution in [-0.2, 0) is 6.54 Å². The van der Waals surface area contributed by atoms with Crippen LogP contribution in [0.5, 0.6) is 0 Å². The van der Waals surface area contributed by atoms with E-state index in [9.17, 15) is 0 Å². The average molecular weight is 193 g/mol. The van der Waals surface area contributed by atoms with Gasteiger partial charge in [0, 0.05) is 18.9 Å². The summed E-state index contributed by atoms with van der Waals surface area (Å²) in [4.78, 5) is 4.02. The predicted molar refractivity (Wildman–Crippen MR) is 59.8 cm³/mol. The topological polar surface area (TPSA) is 17.8 Å². The molecule has 0 unspecified atom stereocenters. The number of nitrogens with zero attached hydrogens (tertiary/aromatic N) is 2. The molecule has 0 N–H and O–H groups in total. The molecule has 1 rings (SSSR count). The first kappa shape index (κ1) is 11.3. The van der Waals surface area contributed by atoms with Crippen LogP contribution in [0.2, 0.25) is 0 Å². The second-order valence-corrected chi connectivity index (χ2v) is 3.76. The van der Waals surface area contributed by atoms with Gasteiger partial charge in [-0.05, 0) is 25.2 Å². The van der Waals surface area contributed by atoms with Gasteiger partial charge in [0.25, 0.3) is 0 Å². The smallest absolute Gasteiger partial charge is 0.0945 e. The zero-order valence-corrected chi connectivity index (χ0v) is 9.32. The van der Waals surface area contributed by atoms with Gasteiger partial charge in [-0.2, -0.15) is 0 Å². The molecule has 0 atom stereocenters. The van der Waals surface area contributed by atoms with Crippen molar-refractivity contribution < 1.29 is 0 Å². The van der Waals surface area contributed by atoms with E-state index >= 15 is 0 Å². The van der Waals surface area contributed by atoms with E-state index in [-0.39, 0.29) is 0 Å². The van der Waals surface area contributed by atoms with Crippen molar-refractivity contribution in [2.75, 3.05) is 0 Å². The molecular formula is C12H21N2. The van der Waals surface area contributed by atoms with E-state index in [1.165, 1.54) is 25.7 Å². The van der Waals surface area contributed by atoms with Gasteiger partial charge in [0.05, 0.1) is 6.33 Å². The first-order valence-electron chi connectivity index (χ1n) is 5.65. The van der Waals surface area contributed by atoms with Crippen molar-refractivity contribution in [3.63, 3.8) is 0 Å². The average Bonchev–Trinajstić information content (AvgIpc) is 2.71. The number of imidazole rings is 1. The molecule has 0 aliphatic rings. The Morgan fingerprint density at radius 2 is 2.14 bits per heavy atom. The summed E-state index contributed by atoms with van der Waals surface area (Å²) in [5.41, 5.74) is 0. The molecule has 0 fully saturated rings. The molecule has 0 aromatic carbocycles. The Morgan fingerprint density at radius 3 is 2.71 bits per heavy atom. The maximum absolute atomic E-state index is 4.02. The third kappa shape index (κ3) is 3.95. The van der Waals surface area contributed by atoms with Crippen molar-refractivity contribution >= 4 is 0 Å². The molecule has 2 heteroatoms. The number of hydrogen-bond donors (Lipinski definition) is 0. The third-order valence-electron chi connectivity index (χ3n) is 2.73. The van der Waals surface area contributed by atoms with Crippen molar-refractivity contribution in [2.24, 2.45) is 5.92 Å². The molecule has 1 aromatic heterocycles. The van der Waals surface area contributed by atoms with E-state index in [1.807, 2.05) is 18.7 Å². The number of aryl methyl sites for hydroxylation is 1. The summed E-state index contributed by atoms with van der Waals surface area (Å²) >= 11 is 0. The lowest BCUT2D eigenvalue weighted by atomic mass is 9.97. The van der Waals surface area contributed by atoms with Crippen LogP contribution in [0.3, 0.4) is 0 Å². The summed E-state index contributed by atoms with van der Waals surface area (Å²) in [5.74, 6) is 0.817. The molecule has 0 amide bonds. The van der Waals surface area contributed by atoms with Crippen LogP contribution in [0.1, 0.15) is 39.5 Å². The zero-order valence-electron chi connectivity index (χ0n) is 9.32. The fourth-order valence-electron chi connectivity index (χ4n) is 1.67. The van der Waals surface area contributed by atoms with Crippen LogP contribution in [0.25, 0.3) is 0 Å². The largest absolute Gasteiger partial charge is 0.337 e. The van der Waals surface area contributed by atoms with E-state index in [2.05, 4.69) is 29.8 Å². The van der Waals surface area contributed by atoms with Crippen molar-refractivity contribution in [2.45, 2.75) is 46.1 Å². The van der Waals surface area contributed by atoms with Crippen molar-refractivity contribution in [1.82, 2.24) is 9.55 Å². The van der Waals surface area contributed by atoms with Crippen LogP contribution in [-0.4, -0.2) is 9.55 Å². The Labute approximate surface area is 87.4 Å². The summed E-state index contributed by atoms with van der Waals surface area (Å²) in [6.07, 6.45) is 13.2. The number of aromatic nitrogens is 2. The monoisotopic (exact) mass is 193 g/mol. The van der Waals surface area contributed by atoms with Crippen molar-refractivity contribution in [3.8, 4) is 0 Å². The normalized spacial score (nSPS) is 11.1. The van der Waals surface area contributed by atoms with Gasteiger partial charge < -0.3 is 4.57 Å². The summed E-state index contributed by atoms with van der Waals surface area (Å²) in [5, 5.41) is 0. The predicted octanol–water partition coefficient (Wildman–Crippen LogP) is 3.30. The summed E-state index contributed by atoms with van der Waals surface area (Å²) in [7, 11) is 0. The molecule has 1 radical (unpaired) electrons. The van der Waals surface area contributed by atoms with Gasteiger partial charge in [0.1, 0.15) is 0 Å². The number of hydrogen-bond acceptors (Lipinski definition) is 1. The zero-order chi connectivity index (χ0) is 10.2. The molecule has 0 aliphatic carbocycles. The summed E-state index contributed by atoms with van der Waals surface area (Å²) in [6, 6.07) is 0. The Bertz CT molecular complexity index is 212. The van der Waals surface area contributed by atoms with Crippen molar-refractivity contribution in [1.29, 1.82) is 0 Å². The van der Waals surface area contributed by atoms with Crippen LogP contribution in [0.4, 0.5) is 0 Å².